The van der Waals surface area contributed by atoms with E-state index in [1.54, 1.807) is 42.6 Å². The quantitative estimate of drug-likeness (QED) is 0.236. The predicted molar refractivity (Wildman–Crippen MR) is 155 cm³/mol. The lowest BCUT2D eigenvalue weighted by Crippen LogP contribution is -2.42. The van der Waals surface area contributed by atoms with Crippen molar-refractivity contribution in [3.05, 3.63) is 77.9 Å². The molecule has 40 heavy (non-hydrogen) atoms. The second-order valence-electron chi connectivity index (χ2n) is 8.52. The van der Waals surface area contributed by atoms with E-state index in [0.29, 0.717) is 28.8 Å². The first-order chi connectivity index (χ1) is 19.3. The molecule has 4 aromatic rings. The minimum atomic E-state index is -4.17. The number of rotatable bonds is 12. The van der Waals surface area contributed by atoms with Crippen molar-refractivity contribution >= 4 is 49.8 Å². The summed E-state index contributed by atoms with van der Waals surface area (Å²) in [5.41, 5.74) is 1.88. The number of benzene rings is 3. The number of carbonyl (C=O) groups is 1. The van der Waals surface area contributed by atoms with Crippen molar-refractivity contribution in [2.75, 3.05) is 50.6 Å². The summed E-state index contributed by atoms with van der Waals surface area (Å²) in [7, 11) is 0.225. The standard InChI is InChI=1S/C28H29ClN4O6S/c1-37-21-7-5-20(6-8-21)33(40(35,36)22-9-11-26(38-2)27(17-22)39-3)18-28(34)32-15-14-31-24-12-13-30-25-16-19(29)4-10-23(24)25/h4-13,16-17H,14-15,18H2,1-3H3,(H,30,31)(H,32,34). The fourth-order valence-electron chi connectivity index (χ4n) is 4.03. The first-order valence-corrected chi connectivity index (χ1v) is 14.0. The lowest BCUT2D eigenvalue weighted by atomic mass is 10.2. The van der Waals surface area contributed by atoms with Crippen LogP contribution in [0.4, 0.5) is 11.4 Å². The number of nitrogens with one attached hydrogen (secondary N) is 2. The number of nitrogens with zero attached hydrogens (tertiary/aromatic N) is 2. The van der Waals surface area contributed by atoms with Crippen LogP contribution in [0.3, 0.4) is 0 Å². The summed E-state index contributed by atoms with van der Waals surface area (Å²) in [5.74, 6) is 0.703. The van der Waals surface area contributed by atoms with E-state index in [1.807, 2.05) is 12.1 Å². The normalized spacial score (nSPS) is 11.1. The molecule has 0 fully saturated rings. The van der Waals surface area contributed by atoms with E-state index in [1.165, 1.54) is 39.5 Å². The van der Waals surface area contributed by atoms with Crippen molar-refractivity contribution in [2.45, 2.75) is 4.90 Å². The third-order valence-corrected chi connectivity index (χ3v) is 8.06. The topological polar surface area (TPSA) is 119 Å². The Morgan fingerprint density at radius 2 is 1.65 bits per heavy atom. The van der Waals surface area contributed by atoms with E-state index in [4.69, 9.17) is 25.8 Å². The van der Waals surface area contributed by atoms with Gasteiger partial charge in [0.25, 0.3) is 10.0 Å². The molecule has 0 saturated carbocycles. The highest BCUT2D eigenvalue weighted by atomic mass is 35.5. The first kappa shape index (κ1) is 28.8. The Labute approximate surface area is 237 Å². The molecule has 0 aliphatic rings. The van der Waals surface area contributed by atoms with Gasteiger partial charge >= 0.3 is 0 Å². The van der Waals surface area contributed by atoms with E-state index < -0.39 is 22.5 Å². The predicted octanol–water partition coefficient (Wildman–Crippen LogP) is 4.34. The van der Waals surface area contributed by atoms with Crippen molar-refractivity contribution in [1.82, 2.24) is 10.3 Å². The van der Waals surface area contributed by atoms with Crippen molar-refractivity contribution in [3.63, 3.8) is 0 Å². The van der Waals surface area contributed by atoms with Gasteiger partial charge in [-0.2, -0.15) is 0 Å². The molecule has 0 radical (unpaired) electrons. The molecule has 210 valence electrons. The van der Waals surface area contributed by atoms with Crippen molar-refractivity contribution in [3.8, 4) is 17.2 Å². The molecule has 0 aliphatic carbocycles. The highest BCUT2D eigenvalue weighted by Crippen LogP contribution is 2.32. The van der Waals surface area contributed by atoms with Crippen LogP contribution in [-0.4, -0.2) is 60.3 Å². The molecule has 0 bridgehead atoms. The second-order valence-corrected chi connectivity index (χ2v) is 10.8. The highest BCUT2D eigenvalue weighted by Gasteiger charge is 2.28. The largest absolute Gasteiger partial charge is 0.497 e. The number of sulfonamides is 1. The number of hydrogen-bond donors (Lipinski definition) is 2. The SMILES string of the molecule is COc1ccc(N(CC(=O)NCCNc2ccnc3cc(Cl)ccc23)S(=O)(=O)c2ccc(OC)c(OC)c2)cc1. The molecule has 1 amide bonds. The average molecular weight is 585 g/mol. The summed E-state index contributed by atoms with van der Waals surface area (Å²) >= 11 is 6.06. The molecule has 10 nitrogen and oxygen atoms in total. The maximum atomic E-state index is 13.7. The van der Waals surface area contributed by atoms with Crippen LogP contribution in [0.1, 0.15) is 0 Å². The van der Waals surface area contributed by atoms with E-state index in [0.717, 1.165) is 20.9 Å². The summed E-state index contributed by atoms with van der Waals surface area (Å²) in [6, 6.07) is 17.9. The zero-order valence-corrected chi connectivity index (χ0v) is 23.8. The number of pyridine rings is 1. The zero-order chi connectivity index (χ0) is 28.7. The Morgan fingerprint density at radius 1 is 0.900 bits per heavy atom. The Morgan fingerprint density at radius 3 is 2.35 bits per heavy atom. The summed E-state index contributed by atoms with van der Waals surface area (Å²) in [5, 5.41) is 7.54. The van der Waals surface area contributed by atoms with Gasteiger partial charge in [-0.25, -0.2) is 8.42 Å². The molecule has 0 spiro atoms. The number of amides is 1. The Bertz CT molecular complexity index is 1600. The Kier molecular flexibility index (Phi) is 9.18. The number of anilines is 2. The van der Waals surface area contributed by atoms with Crippen molar-refractivity contribution < 1.29 is 27.4 Å². The summed E-state index contributed by atoms with van der Waals surface area (Å²) in [4.78, 5) is 17.2. The van der Waals surface area contributed by atoms with Gasteiger partial charge in [0, 0.05) is 41.4 Å². The minimum Gasteiger partial charge on any atom is -0.497 e. The van der Waals surface area contributed by atoms with Gasteiger partial charge in [0.2, 0.25) is 5.91 Å². The van der Waals surface area contributed by atoms with E-state index >= 15 is 0 Å². The van der Waals surface area contributed by atoms with Gasteiger partial charge in [-0.15, -0.1) is 0 Å². The average Bonchev–Trinajstić information content (AvgIpc) is 2.97. The van der Waals surface area contributed by atoms with Gasteiger partial charge in [-0.3, -0.25) is 14.1 Å². The third-order valence-electron chi connectivity index (χ3n) is 6.06. The molecular weight excluding hydrogens is 556 g/mol. The van der Waals surface area contributed by atoms with Crippen LogP contribution >= 0.6 is 11.6 Å². The van der Waals surface area contributed by atoms with Gasteiger partial charge in [0.15, 0.2) is 11.5 Å². The molecule has 0 atom stereocenters. The number of methoxy groups -OCH3 is 3. The molecule has 3 aromatic carbocycles. The van der Waals surface area contributed by atoms with Crippen LogP contribution in [-0.2, 0) is 14.8 Å². The number of hydrogen-bond acceptors (Lipinski definition) is 8. The van der Waals surface area contributed by atoms with E-state index in [2.05, 4.69) is 15.6 Å². The smallest absolute Gasteiger partial charge is 0.264 e. The van der Waals surface area contributed by atoms with Crippen LogP contribution in [0.2, 0.25) is 5.02 Å². The Hall–Kier alpha value is -4.22. The molecule has 1 heterocycles. The fraction of sp³-hybridized carbons (Fsp3) is 0.214. The highest BCUT2D eigenvalue weighted by molar-refractivity contribution is 7.92. The lowest BCUT2D eigenvalue weighted by Gasteiger charge is -2.24. The van der Waals surface area contributed by atoms with E-state index in [-0.39, 0.29) is 17.2 Å². The molecule has 0 saturated heterocycles. The summed E-state index contributed by atoms with van der Waals surface area (Å²) in [6.45, 7) is 0.210. The fourth-order valence-corrected chi connectivity index (χ4v) is 5.63. The first-order valence-electron chi connectivity index (χ1n) is 12.2. The van der Waals surface area contributed by atoms with Gasteiger partial charge in [0.05, 0.1) is 37.4 Å². The van der Waals surface area contributed by atoms with Crippen LogP contribution in [0, 0.1) is 0 Å². The number of fused-ring (bicyclic) bond motifs is 1. The maximum Gasteiger partial charge on any atom is 0.264 e. The number of halogens is 1. The van der Waals surface area contributed by atoms with Crippen LogP contribution in [0.5, 0.6) is 17.2 Å². The minimum absolute atomic E-state index is 0.0555. The molecular formula is C28H29ClN4O6S. The molecule has 2 N–H and O–H groups in total. The molecule has 12 heteroatoms. The molecule has 4 rings (SSSR count). The van der Waals surface area contributed by atoms with Gasteiger partial charge in [-0.05, 0) is 60.7 Å². The summed E-state index contributed by atoms with van der Waals surface area (Å²) < 4.78 is 44.2. The monoisotopic (exact) mass is 584 g/mol. The molecule has 1 aromatic heterocycles. The maximum absolute atomic E-state index is 13.7. The van der Waals surface area contributed by atoms with Gasteiger partial charge in [0.1, 0.15) is 12.3 Å². The molecule has 0 aliphatic heterocycles. The van der Waals surface area contributed by atoms with Gasteiger partial charge < -0.3 is 24.8 Å². The number of aromatic nitrogens is 1. The van der Waals surface area contributed by atoms with E-state index in [9.17, 15) is 13.2 Å². The lowest BCUT2D eigenvalue weighted by molar-refractivity contribution is -0.119. The van der Waals surface area contributed by atoms with Crippen molar-refractivity contribution in [2.24, 2.45) is 0 Å². The van der Waals surface area contributed by atoms with Crippen molar-refractivity contribution in [1.29, 1.82) is 0 Å². The molecule has 0 unspecified atom stereocenters. The third kappa shape index (κ3) is 6.49. The Balaban J connectivity index is 1.49. The van der Waals surface area contributed by atoms with Crippen LogP contribution in [0.25, 0.3) is 10.9 Å². The summed E-state index contributed by atoms with van der Waals surface area (Å²) in [6.07, 6.45) is 1.67. The number of ether oxygens (including phenoxy) is 3. The number of carbonyl (C=O) groups excluding carboxylic acids is 1. The van der Waals surface area contributed by atoms with Crippen LogP contribution < -0.4 is 29.1 Å². The second kappa shape index (κ2) is 12.8. The zero-order valence-electron chi connectivity index (χ0n) is 22.2. The van der Waals surface area contributed by atoms with Crippen LogP contribution in [0.15, 0.2) is 77.8 Å². The van der Waals surface area contributed by atoms with Gasteiger partial charge in [-0.1, -0.05) is 11.6 Å².